The minimum Gasteiger partial charge on any atom is -0.299 e. The molecular formula is C19H18N6OS. The van der Waals surface area contributed by atoms with Gasteiger partial charge in [0, 0.05) is 18.6 Å². The quantitative estimate of drug-likeness (QED) is 0.579. The van der Waals surface area contributed by atoms with Gasteiger partial charge < -0.3 is 0 Å². The van der Waals surface area contributed by atoms with E-state index in [1.165, 1.54) is 18.4 Å². The lowest BCUT2D eigenvalue weighted by atomic mass is 10.2. The lowest BCUT2D eigenvalue weighted by Gasteiger charge is -2.07. The molecule has 0 bridgehead atoms. The van der Waals surface area contributed by atoms with Crippen molar-refractivity contribution in [1.29, 1.82) is 0 Å². The van der Waals surface area contributed by atoms with Crippen LogP contribution in [0.2, 0.25) is 0 Å². The fourth-order valence-corrected chi connectivity index (χ4v) is 4.05. The highest BCUT2D eigenvalue weighted by Gasteiger charge is 2.24. The van der Waals surface area contributed by atoms with E-state index in [9.17, 15) is 4.21 Å². The first-order valence-corrected chi connectivity index (χ1v) is 9.94. The highest BCUT2D eigenvalue weighted by molar-refractivity contribution is 7.86. The summed E-state index contributed by atoms with van der Waals surface area (Å²) < 4.78 is 19.3. The molecule has 1 aromatic carbocycles. The Bertz CT molecular complexity index is 1160. The standard InChI is InChI=1S/C19H18N6OS/c1-24-19-15(10-21-24)3-2-4-17(19)23-27(26)16-11-22-25(12-16)18-9-14(7-8-20-18)13-5-6-13/h2-4,7-13,23H,5-6H2,1H3. The number of benzene rings is 1. The molecule has 1 aliphatic carbocycles. The van der Waals surface area contributed by atoms with Crippen LogP contribution in [0.1, 0.15) is 24.3 Å². The van der Waals surface area contributed by atoms with Crippen molar-refractivity contribution in [3.63, 3.8) is 0 Å². The van der Waals surface area contributed by atoms with Crippen LogP contribution in [0.25, 0.3) is 16.7 Å². The van der Waals surface area contributed by atoms with E-state index in [1.54, 1.807) is 28.0 Å². The van der Waals surface area contributed by atoms with Crippen LogP contribution in [0.15, 0.2) is 60.0 Å². The van der Waals surface area contributed by atoms with Crippen LogP contribution in [0, 0.1) is 0 Å². The van der Waals surface area contributed by atoms with Crippen molar-refractivity contribution in [1.82, 2.24) is 24.5 Å². The normalized spacial score (nSPS) is 15.1. The van der Waals surface area contributed by atoms with Crippen LogP contribution in [-0.2, 0) is 18.0 Å². The monoisotopic (exact) mass is 378 g/mol. The van der Waals surface area contributed by atoms with Gasteiger partial charge in [-0.1, -0.05) is 12.1 Å². The topological polar surface area (TPSA) is 77.6 Å². The van der Waals surface area contributed by atoms with E-state index in [4.69, 9.17) is 0 Å². The third kappa shape index (κ3) is 3.02. The van der Waals surface area contributed by atoms with Gasteiger partial charge in [0.1, 0.15) is 0 Å². The van der Waals surface area contributed by atoms with Crippen molar-refractivity contribution in [2.75, 3.05) is 4.72 Å². The van der Waals surface area contributed by atoms with Crippen molar-refractivity contribution in [2.45, 2.75) is 23.7 Å². The second kappa shape index (κ2) is 6.31. The Balaban J connectivity index is 1.41. The Hall–Kier alpha value is -3.00. The lowest BCUT2D eigenvalue weighted by molar-refractivity contribution is 0.686. The number of fused-ring (bicyclic) bond motifs is 1. The number of anilines is 1. The summed E-state index contributed by atoms with van der Waals surface area (Å²) in [5.74, 6) is 1.40. The van der Waals surface area contributed by atoms with Crippen molar-refractivity contribution in [3.05, 3.63) is 60.7 Å². The Kier molecular flexibility index (Phi) is 3.78. The first-order valence-electron chi connectivity index (χ1n) is 8.79. The van der Waals surface area contributed by atoms with Crippen molar-refractivity contribution in [3.8, 4) is 5.82 Å². The van der Waals surface area contributed by atoms with Crippen molar-refractivity contribution >= 4 is 27.6 Å². The van der Waals surface area contributed by atoms with Gasteiger partial charge >= 0.3 is 0 Å². The van der Waals surface area contributed by atoms with Crippen LogP contribution in [0.3, 0.4) is 0 Å². The minimum atomic E-state index is -1.44. The van der Waals surface area contributed by atoms with Crippen LogP contribution in [0.5, 0.6) is 0 Å². The first-order chi connectivity index (χ1) is 13.2. The molecule has 1 fully saturated rings. The van der Waals surface area contributed by atoms with E-state index in [2.05, 4.69) is 32.0 Å². The molecule has 1 aliphatic rings. The largest absolute Gasteiger partial charge is 0.299 e. The molecule has 1 atom stereocenters. The van der Waals surface area contributed by atoms with E-state index < -0.39 is 11.0 Å². The van der Waals surface area contributed by atoms with E-state index in [0.29, 0.717) is 10.8 Å². The number of aryl methyl sites for hydroxylation is 1. The number of aromatic nitrogens is 5. The summed E-state index contributed by atoms with van der Waals surface area (Å²) in [4.78, 5) is 4.98. The van der Waals surface area contributed by atoms with Gasteiger partial charge in [-0.05, 0) is 42.5 Å². The third-order valence-electron chi connectivity index (χ3n) is 4.79. The Labute approximate surface area is 158 Å². The zero-order valence-electron chi connectivity index (χ0n) is 14.7. The summed E-state index contributed by atoms with van der Waals surface area (Å²) >= 11 is 0. The van der Waals surface area contributed by atoms with Crippen molar-refractivity contribution < 1.29 is 4.21 Å². The van der Waals surface area contributed by atoms with Gasteiger partial charge in [0.2, 0.25) is 0 Å². The van der Waals surface area contributed by atoms with E-state index in [1.807, 2.05) is 31.4 Å². The number of hydrogen-bond donors (Lipinski definition) is 1. The molecule has 8 heteroatoms. The molecule has 0 radical (unpaired) electrons. The van der Waals surface area contributed by atoms with Gasteiger partial charge in [-0.2, -0.15) is 10.2 Å². The number of nitrogens with one attached hydrogen (secondary N) is 1. The zero-order chi connectivity index (χ0) is 18.4. The van der Waals surface area contributed by atoms with E-state index >= 15 is 0 Å². The molecule has 3 aromatic heterocycles. The molecule has 1 unspecified atom stereocenters. The minimum absolute atomic E-state index is 0.591. The highest BCUT2D eigenvalue weighted by Crippen LogP contribution is 2.40. The van der Waals surface area contributed by atoms with Gasteiger partial charge in [0.05, 0.1) is 34.7 Å². The fraction of sp³-hybridized carbons (Fsp3) is 0.211. The summed E-state index contributed by atoms with van der Waals surface area (Å²) in [5, 5.41) is 9.60. The summed E-state index contributed by atoms with van der Waals surface area (Å²) in [5.41, 5.74) is 2.98. The Morgan fingerprint density at radius 1 is 1.19 bits per heavy atom. The molecular weight excluding hydrogens is 360 g/mol. The molecule has 0 aliphatic heterocycles. The van der Waals surface area contributed by atoms with Gasteiger partial charge in [0.25, 0.3) is 0 Å². The van der Waals surface area contributed by atoms with Crippen LogP contribution in [-0.4, -0.2) is 28.8 Å². The van der Waals surface area contributed by atoms with Gasteiger partial charge in [0.15, 0.2) is 16.8 Å². The number of hydrogen-bond acceptors (Lipinski definition) is 4. The van der Waals surface area contributed by atoms with Crippen molar-refractivity contribution in [2.24, 2.45) is 7.05 Å². The highest BCUT2D eigenvalue weighted by atomic mass is 32.2. The fourth-order valence-electron chi connectivity index (χ4n) is 3.23. The molecule has 4 aromatic rings. The van der Waals surface area contributed by atoms with Gasteiger partial charge in [-0.15, -0.1) is 0 Å². The predicted octanol–water partition coefficient (Wildman–Crippen LogP) is 3.17. The van der Waals surface area contributed by atoms with Crippen LogP contribution < -0.4 is 4.72 Å². The SMILES string of the molecule is Cn1ncc2cccc(NS(=O)c3cnn(-c4cc(C5CC5)ccn4)c3)c21. The molecule has 5 rings (SSSR count). The molecule has 0 amide bonds. The maximum Gasteiger partial charge on any atom is 0.153 e. The zero-order valence-corrected chi connectivity index (χ0v) is 15.6. The lowest BCUT2D eigenvalue weighted by Crippen LogP contribution is -2.06. The van der Waals surface area contributed by atoms with Gasteiger partial charge in [-0.25, -0.2) is 13.9 Å². The number of nitrogens with zero attached hydrogens (tertiary/aromatic N) is 5. The third-order valence-corrected chi connectivity index (χ3v) is 5.83. The molecule has 1 saturated carbocycles. The molecule has 27 heavy (non-hydrogen) atoms. The number of para-hydroxylation sites is 1. The summed E-state index contributed by atoms with van der Waals surface area (Å²) in [7, 11) is 0.428. The molecule has 3 heterocycles. The second-order valence-electron chi connectivity index (χ2n) is 6.72. The van der Waals surface area contributed by atoms with E-state index in [-0.39, 0.29) is 0 Å². The maximum absolute atomic E-state index is 12.8. The summed E-state index contributed by atoms with van der Waals surface area (Å²) in [6, 6.07) is 9.90. The number of pyridine rings is 1. The summed E-state index contributed by atoms with van der Waals surface area (Å²) in [6.07, 6.45) is 9.44. The smallest absolute Gasteiger partial charge is 0.153 e. The maximum atomic E-state index is 12.8. The summed E-state index contributed by atoms with van der Waals surface area (Å²) in [6.45, 7) is 0. The average molecular weight is 378 g/mol. The Morgan fingerprint density at radius 2 is 2.07 bits per heavy atom. The molecule has 1 N–H and O–H groups in total. The molecule has 7 nitrogen and oxygen atoms in total. The average Bonchev–Trinajstić information content (AvgIpc) is 3.29. The van der Waals surface area contributed by atoms with Gasteiger partial charge in [-0.3, -0.25) is 9.40 Å². The first kappa shape index (κ1) is 16.2. The number of rotatable bonds is 5. The molecule has 0 spiro atoms. The predicted molar refractivity (Wildman–Crippen MR) is 104 cm³/mol. The molecule has 136 valence electrons. The van der Waals surface area contributed by atoms with Crippen LogP contribution in [0.4, 0.5) is 5.69 Å². The molecule has 0 saturated heterocycles. The second-order valence-corrected chi connectivity index (χ2v) is 7.94. The Morgan fingerprint density at radius 3 is 2.93 bits per heavy atom. The van der Waals surface area contributed by atoms with E-state index in [0.717, 1.165) is 22.4 Å². The van der Waals surface area contributed by atoms with Crippen LogP contribution >= 0.6 is 0 Å².